The van der Waals surface area contributed by atoms with E-state index in [-0.39, 0.29) is 57.5 Å². The SMILES string of the molecule is CCCCCCNC(=O)CC(NC(=O)CC(CC(=O)C(CC(=O)CC(CC)C(=O)NCCC1CCCN1C)CC(=O)NCCC1CCCN1C)C(=O)NCCCCCC)C(=O)NC(CC(=O)CC(CC(=O)NCCNCCN)C(=O)NCCCC)C(=O)NCCNCCN. The molecule has 2 fully saturated rings. The van der Waals surface area contributed by atoms with Gasteiger partial charge in [-0.25, -0.2) is 0 Å². The molecule has 27 nitrogen and oxygen atoms in total. The van der Waals surface area contributed by atoms with Crippen molar-refractivity contribution >= 4 is 70.5 Å². The summed E-state index contributed by atoms with van der Waals surface area (Å²) in [6.07, 6.45) is 9.44. The highest BCUT2D eigenvalue weighted by Gasteiger charge is 2.36. The first-order chi connectivity index (χ1) is 45.2. The topological polar surface area (TPSA) is 396 Å². The average Bonchev–Trinajstić information content (AvgIpc) is 1.43. The minimum atomic E-state index is -1.71. The highest BCUT2D eigenvalue weighted by molar-refractivity contribution is 5.99. The molecule has 0 radical (unpaired) electrons. The first kappa shape index (κ1) is 84.1. The van der Waals surface area contributed by atoms with E-state index in [1.54, 1.807) is 6.92 Å². The number of likely N-dealkylation sites (tertiary alicyclic amines) is 2. The zero-order valence-electron chi connectivity index (χ0n) is 58.1. The van der Waals surface area contributed by atoms with Crippen molar-refractivity contribution in [3.05, 3.63) is 0 Å². The summed E-state index contributed by atoms with van der Waals surface area (Å²) in [4.78, 5) is 173. The number of hydrogen-bond donors (Lipinski definition) is 13. The zero-order valence-corrected chi connectivity index (χ0v) is 58.1. The Labute approximate surface area is 560 Å². The number of ketones is 3. The minimum Gasteiger partial charge on any atom is -0.356 e. The van der Waals surface area contributed by atoms with Crippen molar-refractivity contribution in [3.63, 3.8) is 0 Å². The lowest BCUT2D eigenvalue weighted by Crippen LogP contribution is -2.56. The third kappa shape index (κ3) is 37.3. The van der Waals surface area contributed by atoms with Gasteiger partial charge in [0.05, 0.1) is 18.3 Å². The molecular weight excluding hydrogens is 1210 g/mol. The van der Waals surface area contributed by atoms with Crippen LogP contribution in [0.4, 0.5) is 0 Å². The van der Waals surface area contributed by atoms with Crippen LogP contribution in [-0.4, -0.2) is 217 Å². The first-order valence-corrected chi connectivity index (χ1v) is 35.5. The molecule has 2 heterocycles. The van der Waals surface area contributed by atoms with Crippen LogP contribution >= 0.6 is 0 Å². The van der Waals surface area contributed by atoms with E-state index in [0.717, 1.165) is 90.1 Å². The van der Waals surface area contributed by atoms with Gasteiger partial charge in [-0.15, -0.1) is 0 Å². The van der Waals surface area contributed by atoms with E-state index in [1.807, 2.05) is 27.8 Å². The largest absolute Gasteiger partial charge is 0.356 e. The Morgan fingerprint density at radius 3 is 1.33 bits per heavy atom. The molecule has 0 aliphatic carbocycles. The van der Waals surface area contributed by atoms with E-state index in [1.165, 1.54) is 0 Å². The van der Waals surface area contributed by atoms with Crippen LogP contribution in [0.15, 0.2) is 0 Å². The van der Waals surface area contributed by atoms with Gasteiger partial charge in [0.1, 0.15) is 29.4 Å². The molecule has 2 aliphatic heterocycles. The van der Waals surface area contributed by atoms with Crippen molar-refractivity contribution in [1.82, 2.24) is 68.3 Å². The number of hydrogen-bond acceptors (Lipinski definition) is 18. The molecule has 15 N–H and O–H groups in total. The third-order valence-electron chi connectivity index (χ3n) is 17.6. The molecule has 8 unspecified atom stereocenters. The summed E-state index contributed by atoms with van der Waals surface area (Å²) in [5, 5.41) is 31.0. The quantitative estimate of drug-likeness (QED) is 0.0376. The van der Waals surface area contributed by atoms with Crippen molar-refractivity contribution in [1.29, 1.82) is 0 Å². The van der Waals surface area contributed by atoms with E-state index in [2.05, 4.69) is 75.3 Å². The number of Topliss-reactive ketones (excluding diaryl/α,β-unsaturated/α-hetero) is 3. The summed E-state index contributed by atoms with van der Waals surface area (Å²) < 4.78 is 0. The molecular formula is C67H123N15O12. The Bertz CT molecular complexity index is 2300. The predicted molar refractivity (Wildman–Crippen MR) is 363 cm³/mol. The third-order valence-corrected chi connectivity index (χ3v) is 17.6. The van der Waals surface area contributed by atoms with Gasteiger partial charge in [-0.2, -0.15) is 0 Å². The number of nitrogens with zero attached hydrogens (tertiary/aromatic N) is 2. The lowest BCUT2D eigenvalue weighted by Gasteiger charge is -2.25. The summed E-state index contributed by atoms with van der Waals surface area (Å²) in [6, 6.07) is -2.70. The van der Waals surface area contributed by atoms with Crippen molar-refractivity contribution in [3.8, 4) is 0 Å². The van der Waals surface area contributed by atoms with Crippen LogP contribution in [0.3, 0.4) is 0 Å². The van der Waals surface area contributed by atoms with Gasteiger partial charge in [-0.05, 0) is 91.4 Å². The first-order valence-electron chi connectivity index (χ1n) is 35.5. The molecule has 0 saturated carbocycles. The smallest absolute Gasteiger partial charge is 0.243 e. The Hall–Kier alpha value is -6.00. The monoisotopic (exact) mass is 1330 g/mol. The molecule has 94 heavy (non-hydrogen) atoms. The molecule has 0 aromatic heterocycles. The highest BCUT2D eigenvalue weighted by atomic mass is 16.2. The maximum Gasteiger partial charge on any atom is 0.243 e. The number of amides is 9. The second-order valence-corrected chi connectivity index (χ2v) is 25.7. The van der Waals surface area contributed by atoms with Crippen LogP contribution in [0, 0.1) is 23.7 Å². The van der Waals surface area contributed by atoms with Gasteiger partial charge >= 0.3 is 0 Å². The second-order valence-electron chi connectivity index (χ2n) is 25.7. The van der Waals surface area contributed by atoms with Crippen LogP contribution in [0.25, 0.3) is 0 Å². The molecule has 538 valence electrons. The fraction of sp³-hybridized carbons (Fsp3) is 0.821. The van der Waals surface area contributed by atoms with Gasteiger partial charge in [-0.3, -0.25) is 57.5 Å². The van der Waals surface area contributed by atoms with Gasteiger partial charge in [0, 0.05) is 160 Å². The Balaban J connectivity index is 2.57. The average molecular weight is 1330 g/mol. The molecule has 0 aromatic rings. The van der Waals surface area contributed by atoms with E-state index < -0.39 is 145 Å². The Morgan fingerprint density at radius 1 is 0.372 bits per heavy atom. The van der Waals surface area contributed by atoms with Crippen molar-refractivity contribution in [2.75, 3.05) is 112 Å². The summed E-state index contributed by atoms with van der Waals surface area (Å²) >= 11 is 0. The fourth-order valence-electron chi connectivity index (χ4n) is 11.8. The van der Waals surface area contributed by atoms with Gasteiger partial charge in [0.2, 0.25) is 53.2 Å². The fourth-order valence-corrected chi connectivity index (χ4v) is 11.8. The van der Waals surface area contributed by atoms with Gasteiger partial charge in [0.15, 0.2) is 0 Å². The lowest BCUT2D eigenvalue weighted by molar-refractivity contribution is -0.138. The molecule has 9 amide bonds. The van der Waals surface area contributed by atoms with E-state index in [4.69, 9.17) is 11.5 Å². The molecule has 2 rings (SSSR count). The van der Waals surface area contributed by atoms with Crippen molar-refractivity contribution in [2.45, 2.75) is 219 Å². The molecule has 0 spiro atoms. The van der Waals surface area contributed by atoms with E-state index >= 15 is 0 Å². The normalized spacial score (nSPS) is 16.7. The molecule has 0 bridgehead atoms. The van der Waals surface area contributed by atoms with E-state index in [9.17, 15) is 57.5 Å². The number of unbranched alkanes of at least 4 members (excludes halogenated alkanes) is 7. The summed E-state index contributed by atoms with van der Waals surface area (Å²) in [5.41, 5.74) is 11.2. The van der Waals surface area contributed by atoms with Crippen molar-refractivity contribution < 1.29 is 57.5 Å². The van der Waals surface area contributed by atoms with Gasteiger partial charge in [-0.1, -0.05) is 72.6 Å². The molecule has 2 aliphatic rings. The van der Waals surface area contributed by atoms with Crippen LogP contribution in [0.1, 0.15) is 195 Å². The summed E-state index contributed by atoms with van der Waals surface area (Å²) in [7, 11) is 4.09. The van der Waals surface area contributed by atoms with Gasteiger partial charge in [0.25, 0.3) is 0 Å². The van der Waals surface area contributed by atoms with Crippen LogP contribution in [-0.2, 0) is 57.5 Å². The second kappa shape index (κ2) is 51.3. The minimum absolute atomic E-state index is 0.0382. The maximum absolute atomic E-state index is 14.8. The van der Waals surface area contributed by atoms with Crippen LogP contribution < -0.4 is 70.0 Å². The predicted octanol–water partition coefficient (Wildman–Crippen LogP) is 0.888. The van der Waals surface area contributed by atoms with Crippen molar-refractivity contribution in [2.24, 2.45) is 35.1 Å². The maximum atomic E-state index is 14.8. The Morgan fingerprint density at radius 2 is 0.787 bits per heavy atom. The van der Waals surface area contributed by atoms with Gasteiger partial charge < -0.3 is 79.8 Å². The molecule has 2 saturated heterocycles. The lowest BCUT2D eigenvalue weighted by atomic mass is 9.84. The number of carbonyl (C=O) groups excluding carboxylic acids is 12. The number of nitrogens with two attached hydrogens (primary N) is 2. The number of carbonyl (C=O) groups is 12. The van der Waals surface area contributed by atoms with Crippen LogP contribution in [0.5, 0.6) is 0 Å². The van der Waals surface area contributed by atoms with E-state index in [0.29, 0.717) is 90.5 Å². The molecule has 8 atom stereocenters. The highest BCUT2D eigenvalue weighted by Crippen LogP contribution is 2.24. The number of nitrogens with one attached hydrogen (secondary N) is 11. The zero-order chi connectivity index (χ0) is 69.5. The van der Waals surface area contributed by atoms with Crippen LogP contribution in [0.2, 0.25) is 0 Å². The molecule has 27 heteroatoms. The number of rotatable bonds is 56. The summed E-state index contributed by atoms with van der Waals surface area (Å²) in [5.74, 6) is -12.0. The standard InChI is InChI=1S/C67H123N15O12/c1-7-11-14-16-27-72-61(88)47-57(67(94)80-56(66(93)78-36-34-71-32-25-69)46-55(84)41-50(64(91)75-26-13-9-3)44-60(87)74-35-33-70-31-24-68)79-62(89)45-51(65(92)76-28-17-15-12-8-2)42-58(85)49(43-59(86)73-29-22-52-20-18-37-81(52)5)40-54(83)39-48(10-4)63(90)77-30-23-53-21-19-38-82(53)6/h48-53,56-57,70-71H,7-47,68-69H2,1-6H3,(H,72,88)(H,73,86)(H,74,87)(H,75,91)(H,76,92)(H,77,90)(H,78,93)(H,79,89)(H,80,94). The molecule has 0 aromatic carbocycles. The summed E-state index contributed by atoms with van der Waals surface area (Å²) in [6.45, 7) is 13.9. The Kier molecular flexibility index (Phi) is 45.9.